The van der Waals surface area contributed by atoms with Gasteiger partial charge in [-0.1, -0.05) is 182 Å². The SMILES string of the molecule is c1ccc(-n2c3ccccc3c3ccc(-c4ccc(-c5ccc(-c6ccc(-c7cc8c9cc%10ccccc%10cc9sc8c8nc9cc%10cc%11ccccc%11cc%10cc9n78)cc6)c6ccccc56)cc4)cc32)cc1. The van der Waals surface area contributed by atoms with Crippen molar-refractivity contribution in [3.63, 3.8) is 0 Å². The summed E-state index contributed by atoms with van der Waals surface area (Å²) in [5, 5.41) is 14.9. The van der Waals surface area contributed by atoms with Crippen molar-refractivity contribution in [2.24, 2.45) is 0 Å². The zero-order valence-corrected chi connectivity index (χ0v) is 40.2. The monoisotopic (exact) mass is 943 g/mol. The van der Waals surface area contributed by atoms with Gasteiger partial charge in [-0.3, -0.25) is 4.40 Å². The average molecular weight is 944 g/mol. The number of rotatable bonds is 5. The summed E-state index contributed by atoms with van der Waals surface area (Å²) in [6, 6.07) is 91.8. The molecule has 0 saturated carbocycles. The lowest BCUT2D eigenvalue weighted by molar-refractivity contribution is 1.18. The topological polar surface area (TPSA) is 22.2 Å². The molecular weight excluding hydrogens is 903 g/mol. The van der Waals surface area contributed by atoms with Gasteiger partial charge >= 0.3 is 0 Å². The van der Waals surface area contributed by atoms with Crippen LogP contribution >= 0.6 is 11.3 Å². The Morgan fingerprint density at radius 3 is 1.56 bits per heavy atom. The maximum Gasteiger partial charge on any atom is 0.156 e. The molecule has 0 bridgehead atoms. The number of pyridine rings is 1. The molecule has 0 unspecified atom stereocenters. The van der Waals surface area contributed by atoms with Gasteiger partial charge in [-0.15, -0.1) is 11.3 Å². The van der Waals surface area contributed by atoms with Crippen LogP contribution in [0.4, 0.5) is 0 Å². The first-order valence-corrected chi connectivity index (χ1v) is 25.8. The predicted octanol–water partition coefficient (Wildman–Crippen LogP) is 19.2. The number of thiophene rings is 1. The summed E-state index contributed by atoms with van der Waals surface area (Å²) in [4.78, 5) is 5.48. The van der Waals surface area contributed by atoms with Crippen molar-refractivity contribution in [3.8, 4) is 50.3 Å². The number of nitrogens with zero attached hydrogens (tertiary/aromatic N) is 3. The van der Waals surface area contributed by atoms with Gasteiger partial charge < -0.3 is 4.57 Å². The second-order valence-corrected chi connectivity index (χ2v) is 20.6. The molecule has 338 valence electrons. The molecule has 73 heavy (non-hydrogen) atoms. The van der Waals surface area contributed by atoms with E-state index in [2.05, 4.69) is 258 Å². The molecule has 0 amide bonds. The first kappa shape index (κ1) is 40.4. The molecule has 4 heteroatoms. The van der Waals surface area contributed by atoms with Crippen LogP contribution in [-0.4, -0.2) is 14.0 Å². The Kier molecular flexibility index (Phi) is 8.62. The highest BCUT2D eigenvalue weighted by Crippen LogP contribution is 2.44. The van der Waals surface area contributed by atoms with Gasteiger partial charge in [0.25, 0.3) is 0 Å². The van der Waals surface area contributed by atoms with Crippen molar-refractivity contribution < 1.29 is 0 Å². The largest absolute Gasteiger partial charge is 0.309 e. The summed E-state index contributed by atoms with van der Waals surface area (Å²) in [7, 11) is 0. The van der Waals surface area contributed by atoms with E-state index < -0.39 is 0 Å². The van der Waals surface area contributed by atoms with Crippen LogP contribution in [0.2, 0.25) is 0 Å². The molecule has 12 aromatic carbocycles. The second-order valence-electron chi connectivity index (χ2n) is 19.5. The lowest BCUT2D eigenvalue weighted by atomic mass is 9.91. The third-order valence-electron chi connectivity index (χ3n) is 15.4. The van der Waals surface area contributed by atoms with Crippen molar-refractivity contribution in [1.82, 2.24) is 14.0 Å². The number of benzene rings is 12. The molecular formula is C69H41N3S. The number of hydrogen-bond donors (Lipinski definition) is 0. The summed E-state index contributed by atoms with van der Waals surface area (Å²) in [5.41, 5.74) is 16.2. The van der Waals surface area contributed by atoms with Crippen molar-refractivity contribution in [2.45, 2.75) is 0 Å². The Labute approximate surface area is 423 Å². The second kappa shape index (κ2) is 15.6. The summed E-state index contributed by atoms with van der Waals surface area (Å²) in [6.45, 7) is 0. The molecule has 0 atom stereocenters. The van der Waals surface area contributed by atoms with E-state index in [9.17, 15) is 0 Å². The Balaban J connectivity index is 0.797. The van der Waals surface area contributed by atoms with Crippen LogP contribution < -0.4 is 0 Å². The van der Waals surface area contributed by atoms with E-state index in [1.807, 2.05) is 11.3 Å². The molecule has 0 aliphatic carbocycles. The van der Waals surface area contributed by atoms with Gasteiger partial charge in [0.05, 0.1) is 32.5 Å². The van der Waals surface area contributed by atoms with E-state index in [1.165, 1.54) is 124 Å². The molecule has 0 radical (unpaired) electrons. The summed E-state index contributed by atoms with van der Waals surface area (Å²) >= 11 is 1.85. The zero-order valence-electron chi connectivity index (χ0n) is 39.4. The van der Waals surface area contributed by atoms with Crippen LogP contribution in [0.15, 0.2) is 249 Å². The minimum atomic E-state index is 0.999. The van der Waals surface area contributed by atoms with Crippen LogP contribution in [0.3, 0.4) is 0 Å². The van der Waals surface area contributed by atoms with Gasteiger partial charge in [0.1, 0.15) is 0 Å². The zero-order chi connectivity index (χ0) is 47.7. The van der Waals surface area contributed by atoms with Gasteiger partial charge in [-0.25, -0.2) is 4.98 Å². The van der Waals surface area contributed by atoms with Crippen molar-refractivity contribution >= 4 is 113 Å². The van der Waals surface area contributed by atoms with Crippen molar-refractivity contribution in [1.29, 1.82) is 0 Å². The number of aromatic nitrogens is 3. The predicted molar refractivity (Wildman–Crippen MR) is 312 cm³/mol. The van der Waals surface area contributed by atoms with Gasteiger partial charge in [-0.05, 0) is 149 Å². The van der Waals surface area contributed by atoms with Gasteiger partial charge in [-0.2, -0.15) is 0 Å². The van der Waals surface area contributed by atoms with E-state index in [0.717, 1.165) is 27.9 Å². The standard InChI is InChI=1S/C69H41N3S/c1-2-16-53(17-3-1)71-63-21-11-10-20-58(63)59-31-30-50(38-65(59)71)42-22-24-43(25-23-42)54-32-33-55(57-19-9-8-18-56(54)57)44-26-28-45(29-27-44)64-41-61-60-36-48-14-6-7-15-49(48)40-67(60)73-68(61)69-70-62-37-51-34-46-12-4-5-13-47(46)35-52(51)39-66(62)72(64)69/h1-41H. The maximum absolute atomic E-state index is 5.48. The number of hydrogen-bond acceptors (Lipinski definition) is 2. The summed E-state index contributed by atoms with van der Waals surface area (Å²) in [5.74, 6) is 0. The summed E-state index contributed by atoms with van der Waals surface area (Å²) in [6.07, 6.45) is 0. The molecule has 0 aliphatic rings. The molecule has 4 heterocycles. The van der Waals surface area contributed by atoms with Crippen LogP contribution in [0.5, 0.6) is 0 Å². The molecule has 16 aromatic rings. The molecule has 0 saturated heterocycles. The van der Waals surface area contributed by atoms with Crippen LogP contribution in [0.25, 0.3) is 152 Å². The summed E-state index contributed by atoms with van der Waals surface area (Å²) < 4.78 is 7.29. The quantitative estimate of drug-likeness (QED) is 0.158. The molecule has 16 rings (SSSR count). The number of fused-ring (bicyclic) bond motifs is 14. The van der Waals surface area contributed by atoms with Gasteiger partial charge in [0.2, 0.25) is 0 Å². The molecule has 0 fully saturated rings. The molecule has 0 N–H and O–H groups in total. The van der Waals surface area contributed by atoms with Crippen LogP contribution in [-0.2, 0) is 0 Å². The first-order valence-electron chi connectivity index (χ1n) is 25.0. The fraction of sp³-hybridized carbons (Fsp3) is 0. The number of para-hydroxylation sites is 2. The third kappa shape index (κ3) is 6.21. The fourth-order valence-corrected chi connectivity index (χ4v) is 13.1. The van der Waals surface area contributed by atoms with Crippen LogP contribution in [0, 0.1) is 0 Å². The van der Waals surface area contributed by atoms with Gasteiger partial charge in [0.15, 0.2) is 5.65 Å². The Morgan fingerprint density at radius 2 is 0.863 bits per heavy atom. The van der Waals surface area contributed by atoms with E-state index in [-0.39, 0.29) is 0 Å². The highest BCUT2D eigenvalue weighted by atomic mass is 32.1. The Bertz CT molecular complexity index is 4930. The first-order chi connectivity index (χ1) is 36.1. The van der Waals surface area contributed by atoms with Crippen LogP contribution in [0.1, 0.15) is 0 Å². The fourth-order valence-electron chi connectivity index (χ4n) is 11.9. The molecule has 0 spiro atoms. The highest BCUT2D eigenvalue weighted by Gasteiger charge is 2.20. The molecule has 0 aliphatic heterocycles. The van der Waals surface area contributed by atoms with E-state index in [1.54, 1.807) is 0 Å². The lowest BCUT2D eigenvalue weighted by Gasteiger charge is -2.14. The molecule has 3 nitrogen and oxygen atoms in total. The normalized spacial score (nSPS) is 12.1. The molecule has 4 aromatic heterocycles. The Hall–Kier alpha value is -9.35. The number of imidazole rings is 1. The highest BCUT2D eigenvalue weighted by molar-refractivity contribution is 7.26. The maximum atomic E-state index is 5.48. The van der Waals surface area contributed by atoms with Crippen molar-refractivity contribution in [3.05, 3.63) is 249 Å². The van der Waals surface area contributed by atoms with E-state index >= 15 is 0 Å². The third-order valence-corrected chi connectivity index (χ3v) is 16.6. The van der Waals surface area contributed by atoms with E-state index in [0.29, 0.717) is 0 Å². The Morgan fingerprint density at radius 1 is 0.315 bits per heavy atom. The minimum Gasteiger partial charge on any atom is -0.309 e. The minimum absolute atomic E-state index is 0.999. The lowest BCUT2D eigenvalue weighted by Crippen LogP contribution is -1.93. The average Bonchev–Trinajstić information content (AvgIpc) is 4.14. The van der Waals surface area contributed by atoms with Gasteiger partial charge in [0, 0.05) is 31.9 Å². The van der Waals surface area contributed by atoms with E-state index in [4.69, 9.17) is 4.98 Å². The smallest absolute Gasteiger partial charge is 0.156 e. The van der Waals surface area contributed by atoms with Crippen molar-refractivity contribution in [2.75, 3.05) is 0 Å².